The van der Waals surface area contributed by atoms with Gasteiger partial charge >= 0.3 is 6.18 Å². The standard InChI is InChI=1S/C12H15F3N2/c1-17(11-6-16-7-11)8-9-3-2-4-10(5-9)12(13,14)15/h2-5,11,16H,6-8H2,1H3. The van der Waals surface area contributed by atoms with E-state index in [9.17, 15) is 13.2 Å². The van der Waals surface area contributed by atoms with Gasteiger partial charge in [0.25, 0.3) is 0 Å². The fourth-order valence-corrected chi connectivity index (χ4v) is 1.85. The Morgan fingerprint density at radius 2 is 2.06 bits per heavy atom. The van der Waals surface area contributed by atoms with Crippen LogP contribution in [0.2, 0.25) is 0 Å². The minimum atomic E-state index is -4.26. The highest BCUT2D eigenvalue weighted by Gasteiger charge is 2.30. The molecule has 94 valence electrons. The van der Waals surface area contributed by atoms with Gasteiger partial charge in [-0.3, -0.25) is 4.90 Å². The van der Waals surface area contributed by atoms with Crippen molar-refractivity contribution in [2.75, 3.05) is 20.1 Å². The summed E-state index contributed by atoms with van der Waals surface area (Å²) >= 11 is 0. The number of hydrogen-bond acceptors (Lipinski definition) is 2. The van der Waals surface area contributed by atoms with E-state index in [2.05, 4.69) is 10.2 Å². The average Bonchev–Trinajstić information content (AvgIpc) is 2.13. The summed E-state index contributed by atoms with van der Waals surface area (Å²) in [5.41, 5.74) is 0.129. The number of halogens is 3. The Kier molecular flexibility index (Phi) is 3.40. The molecule has 1 aromatic rings. The van der Waals surface area contributed by atoms with Crippen LogP contribution in [0, 0.1) is 0 Å². The molecule has 1 fully saturated rings. The van der Waals surface area contributed by atoms with Crippen LogP contribution in [-0.2, 0) is 12.7 Å². The molecule has 0 atom stereocenters. The van der Waals surface area contributed by atoms with E-state index in [4.69, 9.17) is 0 Å². The second-order valence-electron chi connectivity index (χ2n) is 4.43. The van der Waals surface area contributed by atoms with Crippen molar-refractivity contribution in [1.82, 2.24) is 10.2 Å². The topological polar surface area (TPSA) is 15.3 Å². The summed E-state index contributed by atoms with van der Waals surface area (Å²) in [5, 5.41) is 3.14. The quantitative estimate of drug-likeness (QED) is 0.876. The highest BCUT2D eigenvalue weighted by atomic mass is 19.4. The predicted molar refractivity (Wildman–Crippen MR) is 59.6 cm³/mol. The molecule has 0 unspecified atom stereocenters. The molecule has 0 aliphatic carbocycles. The maximum absolute atomic E-state index is 12.5. The number of nitrogens with one attached hydrogen (secondary N) is 1. The second-order valence-corrected chi connectivity index (χ2v) is 4.43. The second kappa shape index (κ2) is 4.66. The van der Waals surface area contributed by atoms with Gasteiger partial charge in [0, 0.05) is 25.7 Å². The maximum Gasteiger partial charge on any atom is 0.416 e. The summed E-state index contributed by atoms with van der Waals surface area (Å²) in [6.45, 7) is 2.38. The van der Waals surface area contributed by atoms with Crippen molar-refractivity contribution in [3.05, 3.63) is 35.4 Å². The van der Waals surface area contributed by atoms with E-state index in [0.717, 1.165) is 19.2 Å². The molecule has 1 saturated heterocycles. The molecule has 2 nitrogen and oxygen atoms in total. The summed E-state index contributed by atoms with van der Waals surface area (Å²) in [6.07, 6.45) is -4.26. The smallest absolute Gasteiger partial charge is 0.314 e. The van der Waals surface area contributed by atoms with Crippen molar-refractivity contribution in [3.8, 4) is 0 Å². The molecule has 0 spiro atoms. The normalized spacial score (nSPS) is 17.2. The van der Waals surface area contributed by atoms with Crippen molar-refractivity contribution >= 4 is 0 Å². The van der Waals surface area contributed by atoms with E-state index in [0.29, 0.717) is 18.2 Å². The molecular formula is C12H15F3N2. The maximum atomic E-state index is 12.5. The fourth-order valence-electron chi connectivity index (χ4n) is 1.85. The first-order valence-corrected chi connectivity index (χ1v) is 5.54. The number of likely N-dealkylation sites (N-methyl/N-ethyl adjacent to an activating group) is 1. The molecular weight excluding hydrogens is 229 g/mol. The van der Waals surface area contributed by atoms with Crippen molar-refractivity contribution < 1.29 is 13.2 Å². The first kappa shape index (κ1) is 12.4. The first-order chi connectivity index (χ1) is 7.97. The summed E-state index contributed by atoms with van der Waals surface area (Å²) in [4.78, 5) is 2.08. The Morgan fingerprint density at radius 3 is 2.59 bits per heavy atom. The van der Waals surface area contributed by atoms with Gasteiger partial charge in [0.05, 0.1) is 5.56 Å². The first-order valence-electron chi connectivity index (χ1n) is 5.54. The molecule has 0 saturated carbocycles. The molecule has 1 heterocycles. The number of rotatable bonds is 3. The molecule has 0 aromatic heterocycles. The van der Waals surface area contributed by atoms with E-state index in [1.54, 1.807) is 6.07 Å². The van der Waals surface area contributed by atoms with Crippen LogP contribution in [0.1, 0.15) is 11.1 Å². The Hall–Kier alpha value is -1.07. The number of benzene rings is 1. The van der Waals surface area contributed by atoms with Gasteiger partial charge in [-0.05, 0) is 18.7 Å². The van der Waals surface area contributed by atoms with E-state index in [1.807, 2.05) is 7.05 Å². The molecule has 0 bridgehead atoms. The van der Waals surface area contributed by atoms with Gasteiger partial charge in [-0.25, -0.2) is 0 Å². The van der Waals surface area contributed by atoms with Crippen LogP contribution in [0.25, 0.3) is 0 Å². The van der Waals surface area contributed by atoms with Gasteiger partial charge in [-0.15, -0.1) is 0 Å². The third-order valence-corrected chi connectivity index (χ3v) is 3.07. The Morgan fingerprint density at radius 1 is 1.35 bits per heavy atom. The van der Waals surface area contributed by atoms with Crippen molar-refractivity contribution in [1.29, 1.82) is 0 Å². The Balaban J connectivity index is 2.05. The zero-order valence-corrected chi connectivity index (χ0v) is 9.59. The number of nitrogens with zero attached hydrogens (tertiary/aromatic N) is 1. The van der Waals surface area contributed by atoms with E-state index in [-0.39, 0.29) is 0 Å². The minimum absolute atomic E-state index is 0.435. The predicted octanol–water partition coefficient (Wildman–Crippen LogP) is 2.11. The van der Waals surface area contributed by atoms with E-state index < -0.39 is 11.7 Å². The minimum Gasteiger partial charge on any atom is -0.314 e. The molecule has 1 aliphatic rings. The summed E-state index contributed by atoms with van der Waals surface area (Å²) < 4.78 is 37.6. The van der Waals surface area contributed by atoms with Crippen molar-refractivity contribution in [2.45, 2.75) is 18.8 Å². The van der Waals surface area contributed by atoms with Crippen LogP contribution in [0.15, 0.2) is 24.3 Å². The lowest BCUT2D eigenvalue weighted by Gasteiger charge is -2.35. The van der Waals surface area contributed by atoms with Crippen molar-refractivity contribution in [2.24, 2.45) is 0 Å². The molecule has 0 amide bonds. The van der Waals surface area contributed by atoms with Crippen LogP contribution in [0.5, 0.6) is 0 Å². The van der Waals surface area contributed by atoms with Gasteiger partial charge in [0.1, 0.15) is 0 Å². The molecule has 1 aromatic carbocycles. The monoisotopic (exact) mass is 244 g/mol. The average molecular weight is 244 g/mol. The zero-order valence-electron chi connectivity index (χ0n) is 9.59. The van der Waals surface area contributed by atoms with Gasteiger partial charge in [-0.2, -0.15) is 13.2 Å². The summed E-state index contributed by atoms with van der Waals surface area (Å²) in [5.74, 6) is 0. The third kappa shape index (κ3) is 2.98. The van der Waals surface area contributed by atoms with Gasteiger partial charge in [0.15, 0.2) is 0 Å². The molecule has 5 heteroatoms. The number of hydrogen-bond donors (Lipinski definition) is 1. The number of alkyl halides is 3. The lowest BCUT2D eigenvalue weighted by atomic mass is 10.1. The van der Waals surface area contributed by atoms with Crippen LogP contribution >= 0.6 is 0 Å². The van der Waals surface area contributed by atoms with Crippen LogP contribution in [-0.4, -0.2) is 31.1 Å². The SMILES string of the molecule is CN(Cc1cccc(C(F)(F)F)c1)C1CNC1. The largest absolute Gasteiger partial charge is 0.416 e. The van der Waals surface area contributed by atoms with Crippen LogP contribution < -0.4 is 5.32 Å². The lowest BCUT2D eigenvalue weighted by Crippen LogP contribution is -2.55. The Bertz CT molecular complexity index is 386. The van der Waals surface area contributed by atoms with Gasteiger partial charge in [0.2, 0.25) is 0 Å². The lowest BCUT2D eigenvalue weighted by molar-refractivity contribution is -0.137. The molecule has 2 rings (SSSR count). The van der Waals surface area contributed by atoms with E-state index in [1.165, 1.54) is 12.1 Å². The van der Waals surface area contributed by atoms with Gasteiger partial charge in [-0.1, -0.05) is 18.2 Å². The van der Waals surface area contributed by atoms with Crippen molar-refractivity contribution in [3.63, 3.8) is 0 Å². The molecule has 1 aliphatic heterocycles. The zero-order chi connectivity index (χ0) is 12.5. The fraction of sp³-hybridized carbons (Fsp3) is 0.500. The molecule has 1 N–H and O–H groups in total. The molecule has 17 heavy (non-hydrogen) atoms. The Labute approximate surface area is 98.4 Å². The highest BCUT2D eigenvalue weighted by Crippen LogP contribution is 2.29. The van der Waals surface area contributed by atoms with E-state index >= 15 is 0 Å². The third-order valence-electron chi connectivity index (χ3n) is 3.07. The molecule has 0 radical (unpaired) electrons. The van der Waals surface area contributed by atoms with Gasteiger partial charge < -0.3 is 5.32 Å². The summed E-state index contributed by atoms with van der Waals surface area (Å²) in [7, 11) is 1.94. The summed E-state index contributed by atoms with van der Waals surface area (Å²) in [6, 6.07) is 5.96. The van der Waals surface area contributed by atoms with Crippen LogP contribution in [0.4, 0.5) is 13.2 Å². The van der Waals surface area contributed by atoms with Crippen LogP contribution in [0.3, 0.4) is 0 Å². The highest BCUT2D eigenvalue weighted by molar-refractivity contribution is 5.25.